The second-order valence-corrected chi connectivity index (χ2v) is 6.35. The van der Waals surface area contributed by atoms with E-state index in [1.54, 1.807) is 0 Å². The Labute approximate surface area is 136 Å². The lowest BCUT2D eigenvalue weighted by molar-refractivity contribution is -0.0386. The number of alkyl halides is 3. The van der Waals surface area contributed by atoms with E-state index in [4.69, 9.17) is 20.5 Å². The van der Waals surface area contributed by atoms with Crippen LogP contribution in [0.5, 0.6) is 11.5 Å². The van der Waals surface area contributed by atoms with E-state index in [2.05, 4.69) is 4.90 Å². The third-order valence-corrected chi connectivity index (χ3v) is 4.28. The van der Waals surface area contributed by atoms with E-state index in [1.807, 2.05) is 0 Å². The van der Waals surface area contributed by atoms with Gasteiger partial charge in [-0.15, -0.1) is 13.2 Å². The van der Waals surface area contributed by atoms with Crippen LogP contribution in [0.1, 0.15) is 24.8 Å². The van der Waals surface area contributed by atoms with Gasteiger partial charge < -0.3 is 4.74 Å². The number of hydrogen-bond acceptors (Lipinski definition) is 3. The monoisotopic (exact) mass is 356 g/mol. The highest BCUT2D eigenvalue weighted by atomic mass is 35.5. The second-order valence-electron chi connectivity index (χ2n) is 5.07. The Hall–Kier alpha value is -0.790. The first kappa shape index (κ1) is 17.6. The van der Waals surface area contributed by atoms with Gasteiger partial charge in [0.1, 0.15) is 5.75 Å². The summed E-state index contributed by atoms with van der Waals surface area (Å²) in [6, 6.07) is 2.85. The first-order valence-electron chi connectivity index (χ1n) is 6.94. The smallest absolute Gasteiger partial charge is 0.496 e. The molecule has 0 unspecified atom stereocenters. The molecule has 8 heteroatoms. The molecule has 0 amide bonds. The van der Waals surface area contributed by atoms with Crippen molar-refractivity contribution in [1.29, 1.82) is 0 Å². The fraction of sp³-hybridized carbons (Fsp3) is 0.571. The van der Waals surface area contributed by atoms with Gasteiger partial charge in [0.25, 0.3) is 12.0 Å². The van der Waals surface area contributed by atoms with Gasteiger partial charge >= 0.3 is 5.51 Å². The van der Waals surface area contributed by atoms with Crippen LogP contribution in [0.3, 0.4) is 0 Å². The molecule has 0 saturated carbocycles. The Balaban J connectivity index is 2.12. The minimum absolute atomic E-state index is 0.0447. The predicted molar refractivity (Wildman–Crippen MR) is 82.6 cm³/mol. The molecule has 0 aliphatic carbocycles. The lowest BCUT2D eigenvalue weighted by Crippen LogP contribution is -2.29. The Morgan fingerprint density at radius 3 is 2.50 bits per heavy atom. The van der Waals surface area contributed by atoms with Crippen molar-refractivity contribution in [2.75, 3.05) is 20.2 Å². The quantitative estimate of drug-likeness (QED) is 0.588. The number of piperidine rings is 1. The Bertz CT molecular complexity index is 508. The molecule has 1 heterocycles. The lowest BCUT2D eigenvalue weighted by Gasteiger charge is -2.27. The van der Waals surface area contributed by atoms with Crippen LogP contribution in [0.2, 0.25) is 5.02 Å². The number of halogens is 4. The Kier molecular flexibility index (Phi) is 6.11. The van der Waals surface area contributed by atoms with Gasteiger partial charge in [-0.05, 0) is 25.9 Å². The number of thiol groups is 1. The van der Waals surface area contributed by atoms with Crippen molar-refractivity contribution in [3.05, 3.63) is 22.7 Å². The molecule has 124 valence electrons. The summed E-state index contributed by atoms with van der Waals surface area (Å²) < 4.78 is 46.6. The fourth-order valence-electron chi connectivity index (χ4n) is 2.42. The van der Waals surface area contributed by atoms with Crippen LogP contribution in [0.4, 0.5) is 13.2 Å². The summed E-state index contributed by atoms with van der Waals surface area (Å²) in [5.74, 6) is 0.494. The second kappa shape index (κ2) is 7.66. The fourth-order valence-corrected chi connectivity index (χ4v) is 3.00. The van der Waals surface area contributed by atoms with Gasteiger partial charge in [0.05, 0.1) is 12.1 Å². The maximum Gasteiger partial charge on any atom is 0.615 e. The summed E-state index contributed by atoms with van der Waals surface area (Å²) in [5.41, 5.74) is -3.63. The largest absolute Gasteiger partial charge is 0.615 e. The van der Waals surface area contributed by atoms with Crippen LogP contribution in [-0.2, 0) is 18.6 Å². The predicted octanol–water partition coefficient (Wildman–Crippen LogP) is 3.96. The van der Waals surface area contributed by atoms with E-state index in [-0.39, 0.29) is 5.75 Å². The van der Waals surface area contributed by atoms with Crippen molar-refractivity contribution in [1.82, 2.24) is 4.90 Å². The standard InChI is InChI=1S/C14H17ClF3NO2S/c1-20-13-8-10(21-22-14(16,17)18)7-12(15)11(13)9-19-5-3-2-4-6-19/h7-8H,2-6,9H2,1H3/p+1. The van der Waals surface area contributed by atoms with Crippen molar-refractivity contribution in [2.45, 2.75) is 31.3 Å². The summed E-state index contributed by atoms with van der Waals surface area (Å²) in [4.78, 5) is 2.27. The van der Waals surface area contributed by atoms with Gasteiger partial charge in [0.2, 0.25) is 0 Å². The zero-order valence-corrected chi connectivity index (χ0v) is 13.8. The molecule has 1 aromatic rings. The summed E-state index contributed by atoms with van der Waals surface area (Å²) in [6.07, 6.45) is 3.52. The normalized spacial score (nSPS) is 16.6. The number of benzene rings is 1. The van der Waals surface area contributed by atoms with Crippen molar-refractivity contribution < 1.29 is 22.1 Å². The maximum atomic E-state index is 12.2. The van der Waals surface area contributed by atoms with E-state index >= 15 is 0 Å². The lowest BCUT2D eigenvalue weighted by atomic mass is 10.1. The molecule has 3 nitrogen and oxygen atoms in total. The van der Waals surface area contributed by atoms with Crippen LogP contribution in [0, 0.1) is 0 Å². The highest BCUT2D eigenvalue weighted by molar-refractivity contribution is 7.74. The molecule has 0 radical (unpaired) electrons. The first-order valence-corrected chi connectivity index (χ1v) is 8.13. The van der Waals surface area contributed by atoms with Crippen molar-refractivity contribution in [3.8, 4) is 11.5 Å². The number of hydrogen-bond donors (Lipinski definition) is 0. The van der Waals surface area contributed by atoms with E-state index < -0.39 is 17.6 Å². The third kappa shape index (κ3) is 5.14. The zero-order valence-electron chi connectivity index (χ0n) is 12.1. The minimum atomic E-state index is -4.41. The van der Waals surface area contributed by atoms with Crippen LogP contribution in [-0.4, -0.2) is 30.6 Å². The number of rotatable bonds is 5. The van der Waals surface area contributed by atoms with E-state index in [0.717, 1.165) is 31.5 Å². The molecule has 0 bridgehead atoms. The molecule has 2 rings (SSSR count). The Morgan fingerprint density at radius 2 is 1.91 bits per heavy atom. The molecule has 1 aliphatic rings. The van der Waals surface area contributed by atoms with E-state index in [1.165, 1.54) is 25.7 Å². The van der Waals surface area contributed by atoms with Crippen LogP contribution in [0.15, 0.2) is 12.1 Å². The van der Waals surface area contributed by atoms with Gasteiger partial charge in [-0.25, -0.2) is 0 Å². The highest BCUT2D eigenvalue weighted by Crippen LogP contribution is 2.34. The molecule has 0 aromatic heterocycles. The topological polar surface area (TPSA) is 21.7 Å². The minimum Gasteiger partial charge on any atom is -0.496 e. The molecular formula is C14H18ClF3NO2S+. The van der Waals surface area contributed by atoms with E-state index in [9.17, 15) is 13.2 Å². The highest BCUT2D eigenvalue weighted by Gasteiger charge is 2.42. The zero-order chi connectivity index (χ0) is 16.2. The SMILES string of the molecule is COc1cc(O[SH+]C(F)(F)F)cc(Cl)c1CN1CCCCC1. The number of nitrogens with zero attached hydrogens (tertiary/aromatic N) is 1. The van der Waals surface area contributed by atoms with Gasteiger partial charge in [-0.1, -0.05) is 18.0 Å². The van der Waals surface area contributed by atoms with Gasteiger partial charge in [-0.2, -0.15) is 0 Å². The molecular weight excluding hydrogens is 339 g/mol. The number of likely N-dealkylation sites (tertiary alicyclic amines) is 1. The van der Waals surface area contributed by atoms with Crippen LogP contribution in [0.25, 0.3) is 0 Å². The summed E-state index contributed by atoms with van der Waals surface area (Å²) in [7, 11) is 1.47. The average molecular weight is 357 g/mol. The van der Waals surface area contributed by atoms with Gasteiger partial charge in [0, 0.05) is 24.2 Å². The molecule has 0 atom stereocenters. The van der Waals surface area contributed by atoms with Crippen LogP contribution >= 0.6 is 11.6 Å². The number of ether oxygens (including phenoxy) is 1. The van der Waals surface area contributed by atoms with E-state index in [0.29, 0.717) is 17.3 Å². The molecule has 22 heavy (non-hydrogen) atoms. The molecule has 1 aliphatic heterocycles. The molecule has 1 aromatic carbocycles. The van der Waals surface area contributed by atoms with Gasteiger partial charge in [-0.3, -0.25) is 9.08 Å². The Morgan fingerprint density at radius 1 is 1.23 bits per heavy atom. The van der Waals surface area contributed by atoms with Crippen molar-refractivity contribution in [2.24, 2.45) is 0 Å². The molecule has 1 saturated heterocycles. The summed E-state index contributed by atoms with van der Waals surface area (Å²) in [5, 5.41) is 0.359. The van der Waals surface area contributed by atoms with Crippen molar-refractivity contribution >= 4 is 23.6 Å². The summed E-state index contributed by atoms with van der Waals surface area (Å²) in [6.45, 7) is 2.61. The van der Waals surface area contributed by atoms with Crippen molar-refractivity contribution in [3.63, 3.8) is 0 Å². The maximum absolute atomic E-state index is 12.2. The molecule has 1 fully saturated rings. The van der Waals surface area contributed by atoms with Gasteiger partial charge in [0.15, 0.2) is 5.75 Å². The molecule has 0 N–H and O–H groups in total. The first-order chi connectivity index (χ1) is 10.4. The third-order valence-electron chi connectivity index (χ3n) is 3.43. The summed E-state index contributed by atoms with van der Waals surface area (Å²) >= 11 is 5.12. The number of methoxy groups -OCH3 is 1. The molecule has 0 spiro atoms. The average Bonchev–Trinajstić information content (AvgIpc) is 2.47. The van der Waals surface area contributed by atoms with Crippen LogP contribution < -0.4 is 8.92 Å².